The summed E-state index contributed by atoms with van der Waals surface area (Å²) in [7, 11) is 0. The van der Waals surface area contributed by atoms with Gasteiger partial charge in [-0.3, -0.25) is 9.59 Å². The van der Waals surface area contributed by atoms with Crippen molar-refractivity contribution in [1.29, 1.82) is 0 Å². The molecule has 1 aliphatic heterocycles. The normalized spacial score (nSPS) is 15.0. The average molecular weight is 365 g/mol. The number of carbonyl (C=O) groups is 2. The van der Waals surface area contributed by atoms with Crippen LogP contribution in [0.3, 0.4) is 0 Å². The van der Waals surface area contributed by atoms with Crippen LogP contribution in [0.5, 0.6) is 0 Å². The van der Waals surface area contributed by atoms with Crippen molar-refractivity contribution in [1.82, 2.24) is 14.7 Å². The van der Waals surface area contributed by atoms with Crippen LogP contribution >= 0.6 is 0 Å². The second-order valence-electron chi connectivity index (χ2n) is 6.54. The molecular weight excluding hydrogens is 346 g/mol. The van der Waals surface area contributed by atoms with Crippen LogP contribution in [-0.4, -0.2) is 44.8 Å². The van der Waals surface area contributed by atoms with Crippen molar-refractivity contribution >= 4 is 11.9 Å². The Morgan fingerprint density at radius 2 is 1.81 bits per heavy atom. The van der Waals surface area contributed by atoms with E-state index < -0.39 is 5.97 Å². The van der Waals surface area contributed by atoms with E-state index in [0.717, 1.165) is 5.69 Å². The van der Waals surface area contributed by atoms with Crippen LogP contribution in [0, 0.1) is 5.92 Å². The number of benzene rings is 1. The maximum absolute atomic E-state index is 13.1. The van der Waals surface area contributed by atoms with E-state index in [9.17, 15) is 9.59 Å². The monoisotopic (exact) mass is 365 g/mol. The van der Waals surface area contributed by atoms with Crippen molar-refractivity contribution in [3.63, 3.8) is 0 Å². The van der Waals surface area contributed by atoms with Gasteiger partial charge < -0.3 is 14.4 Å². The molecule has 0 bridgehead atoms. The number of likely N-dealkylation sites (tertiary alicyclic amines) is 1. The molecule has 0 unspecified atom stereocenters. The van der Waals surface area contributed by atoms with Gasteiger partial charge in [-0.25, -0.2) is 4.68 Å². The predicted octanol–water partition coefficient (Wildman–Crippen LogP) is 3.07. The third-order valence-electron chi connectivity index (χ3n) is 4.83. The zero-order valence-corrected chi connectivity index (χ0v) is 14.6. The van der Waals surface area contributed by atoms with Crippen LogP contribution in [0.25, 0.3) is 17.1 Å². The van der Waals surface area contributed by atoms with E-state index in [4.69, 9.17) is 9.52 Å². The third kappa shape index (κ3) is 3.36. The minimum Gasteiger partial charge on any atom is -0.481 e. The van der Waals surface area contributed by atoms with Crippen LogP contribution in [0.2, 0.25) is 0 Å². The maximum atomic E-state index is 13.1. The molecule has 3 heterocycles. The molecule has 0 radical (unpaired) electrons. The fourth-order valence-electron chi connectivity index (χ4n) is 3.34. The zero-order valence-electron chi connectivity index (χ0n) is 14.6. The Morgan fingerprint density at radius 3 is 2.44 bits per heavy atom. The number of rotatable bonds is 4. The van der Waals surface area contributed by atoms with Crippen molar-refractivity contribution in [2.45, 2.75) is 12.8 Å². The minimum absolute atomic E-state index is 0.159. The Hall–Kier alpha value is -3.35. The van der Waals surface area contributed by atoms with Crippen LogP contribution in [0.1, 0.15) is 23.3 Å². The van der Waals surface area contributed by atoms with Gasteiger partial charge in [-0.1, -0.05) is 18.2 Å². The van der Waals surface area contributed by atoms with Crippen molar-refractivity contribution in [2.24, 2.45) is 5.92 Å². The highest BCUT2D eigenvalue weighted by Crippen LogP contribution is 2.25. The molecule has 0 aliphatic carbocycles. The predicted molar refractivity (Wildman–Crippen MR) is 97.5 cm³/mol. The SMILES string of the molecule is O=C(O)C1CCN(C(=O)c2cc(-c3ccco3)nn2-c2ccccc2)CC1. The summed E-state index contributed by atoms with van der Waals surface area (Å²) in [6.07, 6.45) is 2.49. The molecule has 27 heavy (non-hydrogen) atoms. The summed E-state index contributed by atoms with van der Waals surface area (Å²) in [6.45, 7) is 0.845. The fourth-order valence-corrected chi connectivity index (χ4v) is 3.34. The molecule has 0 spiro atoms. The number of hydrogen-bond acceptors (Lipinski definition) is 4. The number of aromatic nitrogens is 2. The van der Waals surface area contributed by atoms with Crippen LogP contribution in [0.15, 0.2) is 59.2 Å². The molecule has 3 aromatic rings. The molecule has 1 fully saturated rings. The first-order valence-electron chi connectivity index (χ1n) is 8.85. The highest BCUT2D eigenvalue weighted by molar-refractivity contribution is 5.94. The van der Waals surface area contributed by atoms with Crippen LogP contribution < -0.4 is 0 Å². The smallest absolute Gasteiger partial charge is 0.306 e. The lowest BCUT2D eigenvalue weighted by atomic mass is 9.97. The van der Waals surface area contributed by atoms with E-state index in [2.05, 4.69) is 5.10 Å². The van der Waals surface area contributed by atoms with Crippen LogP contribution in [0.4, 0.5) is 0 Å². The van der Waals surface area contributed by atoms with Crippen molar-refractivity contribution in [2.75, 3.05) is 13.1 Å². The number of aliphatic carboxylic acids is 1. The van der Waals surface area contributed by atoms with Gasteiger partial charge >= 0.3 is 5.97 Å². The molecule has 138 valence electrons. The first-order chi connectivity index (χ1) is 13.1. The van der Waals surface area contributed by atoms with E-state index in [1.807, 2.05) is 30.3 Å². The number of carboxylic acids is 1. The first kappa shape index (κ1) is 17.1. The van der Waals surface area contributed by atoms with Gasteiger partial charge in [0.05, 0.1) is 17.9 Å². The van der Waals surface area contributed by atoms with E-state index in [-0.39, 0.29) is 11.8 Å². The third-order valence-corrected chi connectivity index (χ3v) is 4.83. The highest BCUT2D eigenvalue weighted by Gasteiger charge is 2.30. The molecule has 2 aromatic heterocycles. The van der Waals surface area contributed by atoms with Gasteiger partial charge in [0.15, 0.2) is 5.76 Å². The standard InChI is InChI=1S/C20H19N3O4/c24-19(22-10-8-14(9-11-22)20(25)26)17-13-16(18-7-4-12-27-18)21-23(17)15-5-2-1-3-6-15/h1-7,12-14H,8-11H2,(H,25,26). The molecule has 1 amide bonds. The number of carboxylic acid groups (broad SMARTS) is 1. The maximum Gasteiger partial charge on any atom is 0.306 e. The number of amides is 1. The molecule has 1 aliphatic rings. The summed E-state index contributed by atoms with van der Waals surface area (Å²) in [5.41, 5.74) is 1.79. The summed E-state index contributed by atoms with van der Waals surface area (Å²) in [6, 6.07) is 14.7. The molecule has 7 nitrogen and oxygen atoms in total. The van der Waals surface area contributed by atoms with Gasteiger partial charge in [-0.15, -0.1) is 0 Å². The van der Waals surface area contributed by atoms with Gasteiger partial charge in [0.1, 0.15) is 11.4 Å². The number of piperidine rings is 1. The van der Waals surface area contributed by atoms with Crippen molar-refractivity contribution in [3.05, 3.63) is 60.5 Å². The Balaban J connectivity index is 1.67. The van der Waals surface area contributed by atoms with E-state index in [1.54, 1.807) is 34.0 Å². The summed E-state index contributed by atoms with van der Waals surface area (Å²) >= 11 is 0. The van der Waals surface area contributed by atoms with Gasteiger partial charge in [0.25, 0.3) is 5.91 Å². The van der Waals surface area contributed by atoms with E-state index in [1.165, 1.54) is 0 Å². The lowest BCUT2D eigenvalue weighted by Crippen LogP contribution is -2.40. The highest BCUT2D eigenvalue weighted by atomic mass is 16.4. The number of hydrogen-bond donors (Lipinski definition) is 1. The summed E-state index contributed by atoms with van der Waals surface area (Å²) in [5.74, 6) is -0.750. The minimum atomic E-state index is -0.795. The zero-order chi connectivity index (χ0) is 18.8. The number of carbonyl (C=O) groups excluding carboxylic acids is 1. The molecule has 0 saturated carbocycles. The second kappa shape index (κ2) is 7.11. The molecule has 0 atom stereocenters. The molecule has 4 rings (SSSR count). The van der Waals surface area contributed by atoms with Crippen molar-refractivity contribution < 1.29 is 19.1 Å². The number of furan rings is 1. The topological polar surface area (TPSA) is 88.6 Å². The van der Waals surface area contributed by atoms with Gasteiger partial charge in [-0.05, 0) is 37.1 Å². The Bertz CT molecular complexity index is 939. The van der Waals surface area contributed by atoms with Crippen molar-refractivity contribution in [3.8, 4) is 17.1 Å². The molecule has 7 heteroatoms. The lowest BCUT2D eigenvalue weighted by Gasteiger charge is -2.30. The summed E-state index contributed by atoms with van der Waals surface area (Å²) < 4.78 is 7.04. The molecule has 1 N–H and O–H groups in total. The van der Waals surface area contributed by atoms with Gasteiger partial charge in [0.2, 0.25) is 0 Å². The first-order valence-corrected chi connectivity index (χ1v) is 8.85. The average Bonchev–Trinajstić information content (AvgIpc) is 3.38. The summed E-state index contributed by atoms with van der Waals surface area (Å²) in [4.78, 5) is 26.0. The molecule has 1 saturated heterocycles. The Labute approximate surface area is 155 Å². The van der Waals surface area contributed by atoms with E-state index >= 15 is 0 Å². The quantitative estimate of drug-likeness (QED) is 0.768. The second-order valence-corrected chi connectivity index (χ2v) is 6.54. The Morgan fingerprint density at radius 1 is 1.07 bits per heavy atom. The number of nitrogens with zero attached hydrogens (tertiary/aromatic N) is 3. The van der Waals surface area contributed by atoms with Crippen LogP contribution in [-0.2, 0) is 4.79 Å². The Kier molecular flexibility index (Phi) is 4.50. The number of para-hydroxylation sites is 1. The van der Waals surface area contributed by atoms with Gasteiger partial charge in [-0.2, -0.15) is 5.10 Å². The van der Waals surface area contributed by atoms with E-state index in [0.29, 0.717) is 43.1 Å². The lowest BCUT2D eigenvalue weighted by molar-refractivity contribution is -0.143. The molecule has 1 aromatic carbocycles. The largest absolute Gasteiger partial charge is 0.481 e. The van der Waals surface area contributed by atoms with Gasteiger partial charge in [0, 0.05) is 19.2 Å². The fraction of sp³-hybridized carbons (Fsp3) is 0.250. The molecular formula is C20H19N3O4. The summed E-state index contributed by atoms with van der Waals surface area (Å²) in [5, 5.41) is 13.7.